The lowest BCUT2D eigenvalue weighted by Crippen LogP contribution is -2.54. The van der Waals surface area contributed by atoms with Crippen LogP contribution >= 0.6 is 11.6 Å². The molecule has 2 amide bonds. The third-order valence-electron chi connectivity index (χ3n) is 6.63. The van der Waals surface area contributed by atoms with Crippen molar-refractivity contribution in [2.24, 2.45) is 0 Å². The van der Waals surface area contributed by atoms with Gasteiger partial charge in [-0.05, 0) is 55.7 Å². The number of carbonyl (C=O) groups is 2. The fraction of sp³-hybridized carbons (Fsp3) is 0.333. The van der Waals surface area contributed by atoms with Crippen LogP contribution in [0.15, 0.2) is 83.8 Å². The molecular formula is C30H36ClN3O4S. The van der Waals surface area contributed by atoms with Crippen LogP contribution in [-0.2, 0) is 32.6 Å². The van der Waals surface area contributed by atoms with Crippen molar-refractivity contribution in [2.45, 2.75) is 57.1 Å². The number of sulfonamides is 1. The zero-order valence-electron chi connectivity index (χ0n) is 22.8. The number of nitrogens with zero attached hydrogens (tertiary/aromatic N) is 2. The molecule has 3 aromatic carbocycles. The highest BCUT2D eigenvalue weighted by Gasteiger charge is 2.33. The van der Waals surface area contributed by atoms with E-state index in [2.05, 4.69) is 5.32 Å². The first kappa shape index (κ1) is 30.3. The van der Waals surface area contributed by atoms with Gasteiger partial charge in [0, 0.05) is 31.1 Å². The van der Waals surface area contributed by atoms with E-state index in [4.69, 9.17) is 11.6 Å². The highest BCUT2D eigenvalue weighted by molar-refractivity contribution is 7.89. The summed E-state index contributed by atoms with van der Waals surface area (Å²) in [7, 11) is -2.55. The summed E-state index contributed by atoms with van der Waals surface area (Å²) in [6, 6.07) is 22.0. The van der Waals surface area contributed by atoms with Gasteiger partial charge in [0.05, 0.1) is 11.4 Å². The van der Waals surface area contributed by atoms with Crippen molar-refractivity contribution in [3.63, 3.8) is 0 Å². The Morgan fingerprint density at radius 1 is 0.923 bits per heavy atom. The topological polar surface area (TPSA) is 86.8 Å². The molecule has 0 saturated carbocycles. The standard InChI is InChI=1S/C30H36ClN3O4S/c1-5-23(3)32-30(36)28(19-24-9-7-6-8-10-24)34(20-25-13-15-26(31)16-14-25)29(35)21-33(4)39(37,38)27-17-11-22(2)12-18-27/h6-18,23,28H,5,19-21H2,1-4H3,(H,32,36)/t23-,28+/m0/s1. The average Bonchev–Trinajstić information content (AvgIpc) is 2.92. The summed E-state index contributed by atoms with van der Waals surface area (Å²) in [6.45, 7) is 5.44. The summed E-state index contributed by atoms with van der Waals surface area (Å²) in [5.41, 5.74) is 2.58. The van der Waals surface area contributed by atoms with Crippen molar-refractivity contribution in [3.05, 3.63) is 101 Å². The molecule has 0 aliphatic heterocycles. The zero-order valence-corrected chi connectivity index (χ0v) is 24.4. The van der Waals surface area contributed by atoms with Crippen molar-refractivity contribution in [2.75, 3.05) is 13.6 Å². The number of aryl methyl sites for hydroxylation is 1. The quantitative estimate of drug-likeness (QED) is 0.339. The maximum absolute atomic E-state index is 13.9. The number of rotatable bonds is 12. The van der Waals surface area contributed by atoms with E-state index >= 15 is 0 Å². The van der Waals surface area contributed by atoms with Crippen molar-refractivity contribution < 1.29 is 18.0 Å². The SMILES string of the molecule is CC[C@H](C)NC(=O)[C@@H](Cc1ccccc1)N(Cc1ccc(Cl)cc1)C(=O)CN(C)S(=O)(=O)c1ccc(C)cc1. The first-order valence-electron chi connectivity index (χ1n) is 12.9. The molecule has 0 aliphatic rings. The molecule has 39 heavy (non-hydrogen) atoms. The summed E-state index contributed by atoms with van der Waals surface area (Å²) in [6.07, 6.45) is 1.00. The Morgan fingerprint density at radius 3 is 2.13 bits per heavy atom. The Labute approximate surface area is 236 Å². The minimum Gasteiger partial charge on any atom is -0.352 e. The van der Waals surface area contributed by atoms with Gasteiger partial charge in [-0.15, -0.1) is 0 Å². The third kappa shape index (κ3) is 8.39. The number of amides is 2. The monoisotopic (exact) mass is 569 g/mol. The van der Waals surface area contributed by atoms with Crippen molar-refractivity contribution >= 4 is 33.4 Å². The Balaban J connectivity index is 1.97. The lowest BCUT2D eigenvalue weighted by Gasteiger charge is -2.33. The maximum atomic E-state index is 13.9. The Kier molecular flexibility index (Phi) is 10.7. The van der Waals surface area contributed by atoms with Gasteiger partial charge in [0.15, 0.2) is 0 Å². The van der Waals surface area contributed by atoms with Gasteiger partial charge in [0.2, 0.25) is 21.8 Å². The number of hydrogen-bond acceptors (Lipinski definition) is 4. The molecule has 0 aromatic heterocycles. The van der Waals surface area contributed by atoms with Crippen LogP contribution in [0.2, 0.25) is 5.02 Å². The van der Waals surface area contributed by atoms with E-state index in [1.54, 1.807) is 36.4 Å². The first-order chi connectivity index (χ1) is 18.5. The molecular weight excluding hydrogens is 534 g/mol. The average molecular weight is 570 g/mol. The summed E-state index contributed by atoms with van der Waals surface area (Å²) in [4.78, 5) is 29.0. The number of likely N-dealkylation sites (N-methyl/N-ethyl adjacent to an activating group) is 1. The van der Waals surface area contributed by atoms with Gasteiger partial charge in [-0.1, -0.05) is 78.7 Å². The van der Waals surface area contributed by atoms with E-state index in [0.717, 1.165) is 27.4 Å². The highest BCUT2D eigenvalue weighted by atomic mass is 35.5. The molecule has 2 atom stereocenters. The van der Waals surface area contributed by atoms with Gasteiger partial charge >= 0.3 is 0 Å². The maximum Gasteiger partial charge on any atom is 0.243 e. The van der Waals surface area contributed by atoms with Gasteiger partial charge in [-0.3, -0.25) is 9.59 Å². The van der Waals surface area contributed by atoms with E-state index in [9.17, 15) is 18.0 Å². The molecule has 0 aliphatic carbocycles. The van der Waals surface area contributed by atoms with E-state index in [1.165, 1.54) is 24.1 Å². The number of carbonyl (C=O) groups excluding carboxylic acids is 2. The summed E-state index contributed by atoms with van der Waals surface area (Å²) in [5, 5.41) is 3.56. The number of benzene rings is 3. The van der Waals surface area contributed by atoms with Crippen LogP contribution < -0.4 is 5.32 Å². The van der Waals surface area contributed by atoms with Crippen molar-refractivity contribution in [3.8, 4) is 0 Å². The molecule has 0 saturated heterocycles. The van der Waals surface area contributed by atoms with Crippen molar-refractivity contribution in [1.29, 1.82) is 0 Å². The molecule has 0 spiro atoms. The number of nitrogens with one attached hydrogen (secondary N) is 1. The predicted molar refractivity (Wildman–Crippen MR) is 155 cm³/mol. The summed E-state index contributed by atoms with van der Waals surface area (Å²) in [5.74, 6) is -0.775. The molecule has 208 valence electrons. The lowest BCUT2D eigenvalue weighted by atomic mass is 10.0. The van der Waals surface area contributed by atoms with Crippen LogP contribution in [0.5, 0.6) is 0 Å². The molecule has 1 N–H and O–H groups in total. The second kappa shape index (κ2) is 13.7. The van der Waals surface area contributed by atoms with Crippen LogP contribution in [-0.4, -0.2) is 55.1 Å². The second-order valence-electron chi connectivity index (χ2n) is 9.75. The van der Waals surface area contributed by atoms with Crippen molar-refractivity contribution in [1.82, 2.24) is 14.5 Å². The molecule has 0 fully saturated rings. The Bertz CT molecular complexity index is 1350. The van der Waals surface area contributed by atoms with E-state index < -0.39 is 28.5 Å². The Morgan fingerprint density at radius 2 is 1.54 bits per heavy atom. The van der Waals surface area contributed by atoms with Gasteiger partial charge < -0.3 is 10.2 Å². The minimum absolute atomic E-state index is 0.0900. The van der Waals surface area contributed by atoms with Crippen LogP contribution in [0.25, 0.3) is 0 Å². The predicted octanol–water partition coefficient (Wildman–Crippen LogP) is 4.82. The van der Waals surface area contributed by atoms with E-state index in [-0.39, 0.29) is 29.8 Å². The van der Waals surface area contributed by atoms with Crippen LogP contribution in [0, 0.1) is 6.92 Å². The summed E-state index contributed by atoms with van der Waals surface area (Å²) < 4.78 is 27.5. The molecule has 0 unspecified atom stereocenters. The van der Waals surface area contributed by atoms with Gasteiger partial charge in [0.1, 0.15) is 6.04 Å². The van der Waals surface area contributed by atoms with Crippen LogP contribution in [0.3, 0.4) is 0 Å². The van der Waals surface area contributed by atoms with E-state index in [0.29, 0.717) is 5.02 Å². The second-order valence-corrected chi connectivity index (χ2v) is 12.2. The molecule has 9 heteroatoms. The van der Waals surface area contributed by atoms with Gasteiger partial charge in [-0.25, -0.2) is 8.42 Å². The van der Waals surface area contributed by atoms with Gasteiger partial charge in [-0.2, -0.15) is 4.31 Å². The fourth-order valence-electron chi connectivity index (χ4n) is 4.04. The minimum atomic E-state index is -3.92. The smallest absolute Gasteiger partial charge is 0.243 e. The molecule has 0 heterocycles. The van der Waals surface area contributed by atoms with E-state index in [1.807, 2.05) is 51.1 Å². The number of hydrogen-bond donors (Lipinski definition) is 1. The Hall–Kier alpha value is -3.20. The molecule has 0 radical (unpaired) electrons. The molecule has 3 rings (SSSR count). The largest absolute Gasteiger partial charge is 0.352 e. The first-order valence-corrected chi connectivity index (χ1v) is 14.7. The normalized spacial score (nSPS) is 13.1. The molecule has 7 nitrogen and oxygen atoms in total. The lowest BCUT2D eigenvalue weighted by molar-refractivity contribution is -0.141. The molecule has 0 bridgehead atoms. The van der Waals surface area contributed by atoms with Gasteiger partial charge in [0.25, 0.3) is 0 Å². The van der Waals surface area contributed by atoms with Crippen LogP contribution in [0.1, 0.15) is 37.0 Å². The fourth-order valence-corrected chi connectivity index (χ4v) is 5.28. The highest BCUT2D eigenvalue weighted by Crippen LogP contribution is 2.19. The molecule has 3 aromatic rings. The summed E-state index contributed by atoms with van der Waals surface area (Å²) >= 11 is 6.07. The number of halogens is 1. The third-order valence-corrected chi connectivity index (χ3v) is 8.69. The zero-order chi connectivity index (χ0) is 28.6. The van der Waals surface area contributed by atoms with Crippen LogP contribution in [0.4, 0.5) is 0 Å².